The molecule has 0 aliphatic rings. The lowest BCUT2D eigenvalue weighted by atomic mass is 10.1. The van der Waals surface area contributed by atoms with Crippen molar-refractivity contribution in [2.45, 2.75) is 19.9 Å². The molecule has 0 unspecified atom stereocenters. The van der Waals surface area contributed by atoms with E-state index in [9.17, 15) is 4.79 Å². The molecule has 3 rings (SSSR count). The fourth-order valence-corrected chi connectivity index (χ4v) is 3.18. The third-order valence-electron chi connectivity index (χ3n) is 4.80. The van der Waals surface area contributed by atoms with Gasteiger partial charge in [-0.1, -0.05) is 60.2 Å². The minimum atomic E-state index is -0.0839. The van der Waals surface area contributed by atoms with E-state index >= 15 is 0 Å². The largest absolute Gasteiger partial charge is 0.353 e. The Morgan fingerprint density at radius 3 is 2.53 bits per heavy atom. The van der Waals surface area contributed by atoms with E-state index < -0.39 is 0 Å². The lowest BCUT2D eigenvalue weighted by molar-refractivity contribution is -0.116. The number of benzene rings is 2. The van der Waals surface area contributed by atoms with Crippen LogP contribution in [0.25, 0.3) is 17.3 Å². The summed E-state index contributed by atoms with van der Waals surface area (Å²) in [7, 11) is 4.06. The molecule has 30 heavy (non-hydrogen) atoms. The van der Waals surface area contributed by atoms with Crippen LogP contribution in [0.1, 0.15) is 23.1 Å². The Kier molecular flexibility index (Phi) is 7.57. The average molecular weight is 403 g/mol. The quantitative estimate of drug-likeness (QED) is 0.435. The summed E-state index contributed by atoms with van der Waals surface area (Å²) in [5.74, 6) is -0.0839. The molecular weight excluding hydrogens is 372 g/mol. The van der Waals surface area contributed by atoms with Crippen molar-refractivity contribution in [3.8, 4) is 11.3 Å². The van der Waals surface area contributed by atoms with Crippen LogP contribution in [0.3, 0.4) is 0 Å². The Bertz CT molecular complexity index is 972. The van der Waals surface area contributed by atoms with Gasteiger partial charge < -0.3 is 10.2 Å². The summed E-state index contributed by atoms with van der Waals surface area (Å²) in [6.07, 6.45) is 6.37. The van der Waals surface area contributed by atoms with Gasteiger partial charge in [0.1, 0.15) is 0 Å². The fourth-order valence-electron chi connectivity index (χ4n) is 3.18. The highest BCUT2D eigenvalue weighted by molar-refractivity contribution is 5.92. The van der Waals surface area contributed by atoms with Gasteiger partial charge in [0.2, 0.25) is 5.91 Å². The molecule has 1 aromatic heterocycles. The molecule has 0 atom stereocenters. The highest BCUT2D eigenvalue weighted by atomic mass is 16.1. The zero-order chi connectivity index (χ0) is 21.3. The van der Waals surface area contributed by atoms with Gasteiger partial charge in [0, 0.05) is 29.9 Å². The SMILES string of the molecule is Cc1ccc(-c2nn(Cc3ccccc3)cc2C=CC(=O)NCCCN(C)C)cc1. The first-order chi connectivity index (χ1) is 14.5. The number of aromatic nitrogens is 2. The second-order valence-corrected chi connectivity index (χ2v) is 7.76. The third-order valence-corrected chi connectivity index (χ3v) is 4.80. The summed E-state index contributed by atoms with van der Waals surface area (Å²) in [4.78, 5) is 14.3. The minimum absolute atomic E-state index is 0.0839. The van der Waals surface area contributed by atoms with Crippen molar-refractivity contribution < 1.29 is 4.79 Å². The number of hydrogen-bond acceptors (Lipinski definition) is 3. The van der Waals surface area contributed by atoms with E-state index in [2.05, 4.69) is 53.5 Å². The predicted octanol–water partition coefficient (Wildman–Crippen LogP) is 3.99. The number of carbonyl (C=O) groups excluding carboxylic acids is 1. The van der Waals surface area contributed by atoms with Gasteiger partial charge in [0.05, 0.1) is 12.2 Å². The van der Waals surface area contributed by atoms with Crippen LogP contribution >= 0.6 is 0 Å². The predicted molar refractivity (Wildman–Crippen MR) is 123 cm³/mol. The van der Waals surface area contributed by atoms with E-state index in [1.54, 1.807) is 6.08 Å². The number of hydrogen-bond donors (Lipinski definition) is 1. The first kappa shape index (κ1) is 21.5. The maximum Gasteiger partial charge on any atom is 0.244 e. The Balaban J connectivity index is 1.77. The van der Waals surface area contributed by atoms with Gasteiger partial charge in [0.15, 0.2) is 0 Å². The van der Waals surface area contributed by atoms with E-state index in [0.717, 1.165) is 29.8 Å². The number of nitrogens with one attached hydrogen (secondary N) is 1. The smallest absolute Gasteiger partial charge is 0.244 e. The highest BCUT2D eigenvalue weighted by Crippen LogP contribution is 2.24. The maximum absolute atomic E-state index is 12.2. The topological polar surface area (TPSA) is 50.2 Å². The van der Waals surface area contributed by atoms with E-state index in [-0.39, 0.29) is 5.91 Å². The number of carbonyl (C=O) groups is 1. The molecule has 0 radical (unpaired) electrons. The molecule has 0 saturated carbocycles. The molecule has 1 amide bonds. The summed E-state index contributed by atoms with van der Waals surface area (Å²) in [5.41, 5.74) is 5.24. The van der Waals surface area contributed by atoms with Gasteiger partial charge in [0.25, 0.3) is 0 Å². The van der Waals surface area contributed by atoms with Crippen molar-refractivity contribution in [1.82, 2.24) is 20.0 Å². The van der Waals surface area contributed by atoms with Crippen molar-refractivity contribution >= 4 is 12.0 Å². The second kappa shape index (κ2) is 10.6. The van der Waals surface area contributed by atoms with Crippen molar-refractivity contribution in [2.24, 2.45) is 0 Å². The number of rotatable bonds is 9. The van der Waals surface area contributed by atoms with Crippen molar-refractivity contribution in [3.05, 3.63) is 83.6 Å². The average Bonchev–Trinajstić information content (AvgIpc) is 3.13. The van der Waals surface area contributed by atoms with Crippen LogP contribution in [0.15, 0.2) is 66.9 Å². The molecule has 0 saturated heterocycles. The molecular formula is C25H30N4O. The van der Waals surface area contributed by atoms with Crippen LogP contribution in [-0.4, -0.2) is 47.8 Å². The third kappa shape index (κ3) is 6.42. The van der Waals surface area contributed by atoms with Gasteiger partial charge in [-0.3, -0.25) is 9.48 Å². The molecule has 0 fully saturated rings. The van der Waals surface area contributed by atoms with E-state index in [1.807, 2.05) is 49.2 Å². The van der Waals surface area contributed by atoms with Crippen molar-refractivity contribution in [1.29, 1.82) is 0 Å². The summed E-state index contributed by atoms with van der Waals surface area (Å²) >= 11 is 0. The molecule has 0 spiro atoms. The summed E-state index contributed by atoms with van der Waals surface area (Å²) in [6, 6.07) is 18.5. The fraction of sp³-hybridized carbons (Fsp3) is 0.280. The van der Waals surface area contributed by atoms with Crippen LogP contribution in [0.4, 0.5) is 0 Å². The second-order valence-electron chi connectivity index (χ2n) is 7.76. The Hall–Kier alpha value is -3.18. The summed E-state index contributed by atoms with van der Waals surface area (Å²) in [5, 5.41) is 7.75. The van der Waals surface area contributed by atoms with Gasteiger partial charge in [-0.05, 0) is 45.6 Å². The molecule has 0 aliphatic carbocycles. The first-order valence-corrected chi connectivity index (χ1v) is 10.3. The van der Waals surface area contributed by atoms with E-state index in [0.29, 0.717) is 13.1 Å². The zero-order valence-corrected chi connectivity index (χ0v) is 18.0. The van der Waals surface area contributed by atoms with Crippen molar-refractivity contribution in [3.63, 3.8) is 0 Å². The van der Waals surface area contributed by atoms with Gasteiger partial charge in [-0.25, -0.2) is 0 Å². The molecule has 2 aromatic carbocycles. The Labute approximate surface area is 179 Å². The van der Waals surface area contributed by atoms with Crippen molar-refractivity contribution in [2.75, 3.05) is 27.2 Å². The normalized spacial score (nSPS) is 11.3. The van der Waals surface area contributed by atoms with Gasteiger partial charge in [-0.2, -0.15) is 5.10 Å². The highest BCUT2D eigenvalue weighted by Gasteiger charge is 2.10. The molecule has 5 heteroatoms. The molecule has 3 aromatic rings. The maximum atomic E-state index is 12.2. The van der Waals surface area contributed by atoms with Crippen LogP contribution in [0, 0.1) is 6.92 Å². The van der Waals surface area contributed by atoms with E-state index in [1.165, 1.54) is 11.1 Å². The monoisotopic (exact) mass is 402 g/mol. The summed E-state index contributed by atoms with van der Waals surface area (Å²) in [6.45, 7) is 4.37. The number of nitrogens with zero attached hydrogens (tertiary/aromatic N) is 3. The van der Waals surface area contributed by atoms with Crippen LogP contribution < -0.4 is 5.32 Å². The molecule has 1 N–H and O–H groups in total. The van der Waals surface area contributed by atoms with E-state index in [4.69, 9.17) is 5.10 Å². The summed E-state index contributed by atoms with van der Waals surface area (Å²) < 4.78 is 1.93. The van der Waals surface area contributed by atoms with Gasteiger partial charge >= 0.3 is 0 Å². The molecule has 0 bridgehead atoms. The lowest BCUT2D eigenvalue weighted by Gasteiger charge is -2.08. The Morgan fingerprint density at radius 1 is 1.10 bits per heavy atom. The molecule has 156 valence electrons. The van der Waals surface area contributed by atoms with Gasteiger partial charge in [-0.15, -0.1) is 0 Å². The standard InChI is InChI=1S/C25H30N4O/c1-20-10-12-22(13-11-20)25-23(14-15-24(30)26-16-7-17-28(2)3)19-29(27-25)18-21-8-5-4-6-9-21/h4-6,8-15,19H,7,16-18H2,1-3H3,(H,26,30). The number of amides is 1. The first-order valence-electron chi connectivity index (χ1n) is 10.3. The lowest BCUT2D eigenvalue weighted by Crippen LogP contribution is -2.25. The Morgan fingerprint density at radius 2 is 1.83 bits per heavy atom. The number of aryl methyl sites for hydroxylation is 1. The molecule has 0 aliphatic heterocycles. The molecule has 1 heterocycles. The minimum Gasteiger partial charge on any atom is -0.353 e. The van der Waals surface area contributed by atoms with Crippen LogP contribution in [0.5, 0.6) is 0 Å². The van der Waals surface area contributed by atoms with Crippen LogP contribution in [0.2, 0.25) is 0 Å². The van der Waals surface area contributed by atoms with Crippen LogP contribution in [-0.2, 0) is 11.3 Å². The molecule has 5 nitrogen and oxygen atoms in total. The zero-order valence-electron chi connectivity index (χ0n) is 18.0.